The smallest absolute Gasteiger partial charge is 0.255 e. The molecule has 3 nitrogen and oxygen atoms in total. The number of benzene rings is 1. The van der Waals surface area contributed by atoms with Crippen molar-refractivity contribution in [2.75, 3.05) is 6.54 Å². The van der Waals surface area contributed by atoms with Crippen LogP contribution in [0.4, 0.5) is 4.39 Å². The van der Waals surface area contributed by atoms with E-state index in [9.17, 15) is 9.18 Å². The fraction of sp³-hybridized carbons (Fsp3) is 0.267. The van der Waals surface area contributed by atoms with E-state index in [2.05, 4.69) is 20.9 Å². The molecule has 0 bridgehead atoms. The molecule has 2 heterocycles. The third-order valence-corrected chi connectivity index (χ3v) is 4.31. The lowest BCUT2D eigenvalue weighted by Crippen LogP contribution is -2.31. The second kappa shape index (κ2) is 5.40. The number of likely N-dealkylation sites (tertiary alicyclic amines) is 1. The first kappa shape index (κ1) is 13.4. The molecule has 1 aliphatic heterocycles. The summed E-state index contributed by atoms with van der Waals surface area (Å²) in [4.78, 5) is 17.7. The predicted octanol–water partition coefficient (Wildman–Crippen LogP) is 3.89. The molecule has 1 amide bonds. The number of aromatic nitrogens is 1. The van der Waals surface area contributed by atoms with Crippen LogP contribution in [0.25, 0.3) is 0 Å². The Morgan fingerprint density at radius 1 is 1.40 bits per heavy atom. The van der Waals surface area contributed by atoms with Gasteiger partial charge in [-0.25, -0.2) is 4.39 Å². The summed E-state index contributed by atoms with van der Waals surface area (Å²) < 4.78 is 13.6. The molecule has 0 radical (unpaired) electrons. The van der Waals surface area contributed by atoms with Crippen LogP contribution in [-0.2, 0) is 0 Å². The van der Waals surface area contributed by atoms with Crippen molar-refractivity contribution in [2.45, 2.75) is 18.9 Å². The molecule has 1 aromatic heterocycles. The molecule has 104 valence electrons. The summed E-state index contributed by atoms with van der Waals surface area (Å²) in [6, 6.07) is 8.19. The summed E-state index contributed by atoms with van der Waals surface area (Å²) in [5.41, 5.74) is 1.55. The Bertz CT molecular complexity index is 627. The van der Waals surface area contributed by atoms with Gasteiger partial charge in [-0.05, 0) is 59.1 Å². The summed E-state index contributed by atoms with van der Waals surface area (Å²) in [5, 5.41) is 0. The number of hydrogen-bond acceptors (Lipinski definition) is 1. The van der Waals surface area contributed by atoms with E-state index in [-0.39, 0.29) is 17.8 Å². The van der Waals surface area contributed by atoms with Crippen molar-refractivity contribution in [1.29, 1.82) is 0 Å². The van der Waals surface area contributed by atoms with Crippen molar-refractivity contribution in [3.8, 4) is 0 Å². The highest BCUT2D eigenvalue weighted by Gasteiger charge is 2.31. The Balaban J connectivity index is 1.89. The van der Waals surface area contributed by atoms with Crippen molar-refractivity contribution in [3.05, 3.63) is 58.1 Å². The molecule has 3 rings (SSSR count). The van der Waals surface area contributed by atoms with Gasteiger partial charge in [0.05, 0.1) is 11.6 Å². The maximum Gasteiger partial charge on any atom is 0.255 e. The molecule has 5 heteroatoms. The number of hydrogen-bond donors (Lipinski definition) is 1. The average molecular weight is 337 g/mol. The topological polar surface area (TPSA) is 36.1 Å². The van der Waals surface area contributed by atoms with Gasteiger partial charge >= 0.3 is 0 Å². The van der Waals surface area contributed by atoms with E-state index in [4.69, 9.17) is 0 Å². The third-order valence-electron chi connectivity index (χ3n) is 3.66. The lowest BCUT2D eigenvalue weighted by molar-refractivity contribution is 0.0732. The minimum absolute atomic E-state index is 0.0611. The zero-order valence-electron chi connectivity index (χ0n) is 10.8. The van der Waals surface area contributed by atoms with Crippen molar-refractivity contribution < 1.29 is 9.18 Å². The summed E-state index contributed by atoms with van der Waals surface area (Å²) in [6.07, 6.45) is 3.80. The minimum Gasteiger partial charge on any atom is -0.363 e. The molecule has 20 heavy (non-hydrogen) atoms. The van der Waals surface area contributed by atoms with Crippen molar-refractivity contribution in [2.24, 2.45) is 0 Å². The lowest BCUT2D eigenvalue weighted by atomic mass is 10.1. The molecule has 1 saturated heterocycles. The molecule has 1 fully saturated rings. The normalized spacial score (nSPS) is 18.5. The molecule has 1 atom stereocenters. The van der Waals surface area contributed by atoms with E-state index in [1.807, 2.05) is 23.2 Å². The van der Waals surface area contributed by atoms with Crippen LogP contribution >= 0.6 is 15.9 Å². The molecule has 1 aliphatic rings. The van der Waals surface area contributed by atoms with Crippen molar-refractivity contribution in [1.82, 2.24) is 9.88 Å². The number of nitrogens with zero attached hydrogens (tertiary/aromatic N) is 1. The first-order valence-corrected chi connectivity index (χ1v) is 7.35. The Morgan fingerprint density at radius 2 is 2.25 bits per heavy atom. The molecule has 0 saturated carbocycles. The van der Waals surface area contributed by atoms with Crippen LogP contribution in [0.2, 0.25) is 0 Å². The molecule has 1 aromatic carbocycles. The van der Waals surface area contributed by atoms with Crippen LogP contribution in [0, 0.1) is 5.82 Å². The van der Waals surface area contributed by atoms with Gasteiger partial charge < -0.3 is 9.88 Å². The maximum absolute atomic E-state index is 13.1. The number of nitrogens with one attached hydrogen (secondary N) is 1. The second-order valence-electron chi connectivity index (χ2n) is 4.91. The molecular weight excluding hydrogens is 323 g/mol. The van der Waals surface area contributed by atoms with E-state index in [0.717, 1.165) is 25.1 Å². The number of H-pyrrole nitrogens is 1. The summed E-state index contributed by atoms with van der Waals surface area (Å²) in [7, 11) is 0. The van der Waals surface area contributed by atoms with Gasteiger partial charge in [-0.3, -0.25) is 4.79 Å². The van der Waals surface area contributed by atoms with Gasteiger partial charge in [0.1, 0.15) is 5.82 Å². The van der Waals surface area contributed by atoms with E-state index < -0.39 is 0 Å². The first-order chi connectivity index (χ1) is 9.66. The quantitative estimate of drug-likeness (QED) is 0.887. The summed E-state index contributed by atoms with van der Waals surface area (Å²) in [5.74, 6) is -0.412. The molecule has 1 unspecified atom stereocenters. The van der Waals surface area contributed by atoms with Gasteiger partial charge in [0.2, 0.25) is 0 Å². The van der Waals surface area contributed by atoms with Gasteiger partial charge in [-0.2, -0.15) is 0 Å². The van der Waals surface area contributed by atoms with Crippen LogP contribution in [0.1, 0.15) is 34.9 Å². The van der Waals surface area contributed by atoms with Crippen LogP contribution in [0.3, 0.4) is 0 Å². The molecular formula is C15H14BrFN2O. The number of halogens is 2. The fourth-order valence-electron chi connectivity index (χ4n) is 2.70. The zero-order valence-corrected chi connectivity index (χ0v) is 12.4. The van der Waals surface area contributed by atoms with Crippen LogP contribution in [-0.4, -0.2) is 22.3 Å². The van der Waals surface area contributed by atoms with Gasteiger partial charge in [0.25, 0.3) is 5.91 Å². The van der Waals surface area contributed by atoms with E-state index in [1.165, 1.54) is 18.2 Å². The summed E-state index contributed by atoms with van der Waals surface area (Å²) in [6.45, 7) is 0.729. The number of amides is 1. The fourth-order valence-corrected chi connectivity index (χ4v) is 3.22. The predicted molar refractivity (Wildman–Crippen MR) is 77.9 cm³/mol. The van der Waals surface area contributed by atoms with E-state index >= 15 is 0 Å². The van der Waals surface area contributed by atoms with Gasteiger partial charge in [-0.15, -0.1) is 0 Å². The van der Waals surface area contributed by atoms with Gasteiger partial charge in [-0.1, -0.05) is 0 Å². The van der Waals surface area contributed by atoms with Crippen LogP contribution in [0.5, 0.6) is 0 Å². The summed E-state index contributed by atoms with van der Waals surface area (Å²) >= 11 is 3.27. The number of rotatable bonds is 2. The highest BCUT2D eigenvalue weighted by atomic mass is 79.9. The first-order valence-electron chi connectivity index (χ1n) is 6.56. The largest absolute Gasteiger partial charge is 0.363 e. The number of aromatic amines is 1. The number of carbonyl (C=O) groups excluding carboxylic acids is 1. The van der Waals surface area contributed by atoms with Crippen molar-refractivity contribution in [3.63, 3.8) is 0 Å². The molecule has 1 N–H and O–H groups in total. The lowest BCUT2D eigenvalue weighted by Gasteiger charge is -2.24. The van der Waals surface area contributed by atoms with Gasteiger partial charge in [0.15, 0.2) is 0 Å². The highest BCUT2D eigenvalue weighted by Crippen LogP contribution is 2.33. The van der Waals surface area contributed by atoms with Crippen LogP contribution < -0.4 is 0 Å². The van der Waals surface area contributed by atoms with E-state index in [1.54, 1.807) is 0 Å². The Kier molecular flexibility index (Phi) is 3.61. The zero-order chi connectivity index (χ0) is 14.1. The van der Waals surface area contributed by atoms with E-state index in [0.29, 0.717) is 10.0 Å². The molecule has 0 aliphatic carbocycles. The Morgan fingerprint density at radius 3 is 2.95 bits per heavy atom. The molecule has 2 aromatic rings. The Labute approximate surface area is 124 Å². The SMILES string of the molecule is O=C(c1ccc(F)cc1Br)N1CCCC1c1ccc[nH]1. The molecule has 0 spiro atoms. The number of carbonyl (C=O) groups is 1. The average Bonchev–Trinajstić information content (AvgIpc) is 3.09. The highest BCUT2D eigenvalue weighted by molar-refractivity contribution is 9.10. The monoisotopic (exact) mass is 336 g/mol. The third kappa shape index (κ3) is 2.38. The standard InChI is InChI=1S/C15H14BrFN2O/c16-12-9-10(17)5-6-11(12)15(20)19-8-2-4-14(19)13-3-1-7-18-13/h1,3,5-7,9,14,18H,2,4,8H2. The van der Waals surface area contributed by atoms with Crippen molar-refractivity contribution >= 4 is 21.8 Å². The Hall–Kier alpha value is -1.62. The maximum atomic E-state index is 13.1. The minimum atomic E-state index is -0.351. The second-order valence-corrected chi connectivity index (χ2v) is 5.76. The van der Waals surface area contributed by atoms with Gasteiger partial charge in [0, 0.05) is 22.9 Å². The van der Waals surface area contributed by atoms with Crippen LogP contribution in [0.15, 0.2) is 41.0 Å².